The van der Waals surface area contributed by atoms with E-state index >= 15 is 0 Å². The average Bonchev–Trinajstić information content (AvgIpc) is 2.76. The highest BCUT2D eigenvalue weighted by Gasteiger charge is 2.15. The van der Waals surface area contributed by atoms with Crippen molar-refractivity contribution in [2.45, 2.75) is 43.9 Å². The highest BCUT2D eigenvalue weighted by Crippen LogP contribution is 2.18. The van der Waals surface area contributed by atoms with Crippen LogP contribution in [0.15, 0.2) is 20.0 Å². The number of nitrogens with two attached hydrogens (primary N) is 2. The predicted molar refractivity (Wildman–Crippen MR) is 78.4 cm³/mol. The number of carbonyl (C=O) groups is 1. The molecule has 4 nitrogen and oxygen atoms in total. The van der Waals surface area contributed by atoms with Crippen LogP contribution >= 0.6 is 11.3 Å². The van der Waals surface area contributed by atoms with Crippen LogP contribution in [0.5, 0.6) is 0 Å². The molecule has 0 radical (unpaired) electrons. The minimum atomic E-state index is -0.866. The van der Waals surface area contributed by atoms with Gasteiger partial charge in [-0.2, -0.15) is 4.36 Å². The Morgan fingerprint density at radius 3 is 2.72 bits per heavy atom. The Kier molecular flexibility index (Phi) is 6.14. The second-order valence-electron chi connectivity index (χ2n) is 4.61. The molecule has 1 rings (SSSR count). The van der Waals surface area contributed by atoms with E-state index in [-0.39, 0.29) is 5.91 Å². The van der Waals surface area contributed by atoms with E-state index in [1.54, 1.807) is 11.3 Å². The molecular weight excluding hydrogens is 266 g/mol. The summed E-state index contributed by atoms with van der Waals surface area (Å²) in [5.41, 5.74) is 7.01. The molecule has 0 aliphatic heterocycles. The summed E-state index contributed by atoms with van der Waals surface area (Å²) in [4.78, 5) is 11.8. The van der Waals surface area contributed by atoms with Gasteiger partial charge in [-0.05, 0) is 35.8 Å². The van der Waals surface area contributed by atoms with Crippen molar-refractivity contribution in [3.63, 3.8) is 0 Å². The van der Waals surface area contributed by atoms with Gasteiger partial charge in [0.05, 0.1) is 10.3 Å². The molecule has 1 aromatic heterocycles. The molecule has 18 heavy (non-hydrogen) atoms. The minimum absolute atomic E-state index is 0.291. The van der Waals surface area contributed by atoms with Crippen molar-refractivity contribution in [2.75, 3.05) is 0 Å². The van der Waals surface area contributed by atoms with E-state index in [9.17, 15) is 4.79 Å². The van der Waals surface area contributed by atoms with E-state index in [2.05, 4.69) is 16.7 Å². The summed E-state index contributed by atoms with van der Waals surface area (Å²) in [5, 5.41) is 7.98. The second kappa shape index (κ2) is 7.13. The third-order valence-corrected chi connectivity index (χ3v) is 4.95. The smallest absolute Gasteiger partial charge is 0.269 e. The highest BCUT2D eigenvalue weighted by atomic mass is 32.2. The summed E-state index contributed by atoms with van der Waals surface area (Å²) in [7, 11) is -0.866. The first kappa shape index (κ1) is 15.5. The average molecular weight is 287 g/mol. The molecule has 2 atom stereocenters. The van der Waals surface area contributed by atoms with E-state index in [1.807, 2.05) is 19.9 Å². The molecule has 0 aliphatic carbocycles. The highest BCUT2D eigenvalue weighted by molar-refractivity contribution is 7.87. The number of nitrogens with zero attached hydrogens (tertiary/aromatic N) is 1. The van der Waals surface area contributed by atoms with Crippen molar-refractivity contribution in [1.82, 2.24) is 0 Å². The molecule has 0 bridgehead atoms. The number of thiophene rings is 1. The summed E-state index contributed by atoms with van der Waals surface area (Å²) >= 11 is 1.55. The largest absolute Gasteiger partial charge is 0.320 e. The van der Waals surface area contributed by atoms with Crippen LogP contribution in [0.1, 0.15) is 32.8 Å². The van der Waals surface area contributed by atoms with Crippen molar-refractivity contribution in [3.05, 3.63) is 17.0 Å². The van der Waals surface area contributed by atoms with Crippen molar-refractivity contribution < 1.29 is 4.79 Å². The molecule has 6 heteroatoms. The maximum Gasteiger partial charge on any atom is 0.269 e. The standard InChI is InChI=1S/C12H21N3OS2/c1-4-9-6-11(17-7-9)18(14)15-12(16)10(13)5-8(2)3/h6-8,10H,4-5,13H2,1-3H3,(H2,14,15,16). The third-order valence-electron chi connectivity index (χ3n) is 2.47. The Morgan fingerprint density at radius 2 is 2.22 bits per heavy atom. The van der Waals surface area contributed by atoms with Gasteiger partial charge in [-0.3, -0.25) is 9.93 Å². The second-order valence-corrected chi connectivity index (χ2v) is 7.03. The first-order chi connectivity index (χ1) is 8.43. The molecule has 1 heterocycles. The van der Waals surface area contributed by atoms with E-state index in [1.165, 1.54) is 5.56 Å². The van der Waals surface area contributed by atoms with Crippen LogP contribution in [0.25, 0.3) is 0 Å². The topological polar surface area (TPSA) is 81.5 Å². The Hall–Kier alpha value is -0.560. The molecule has 4 N–H and O–H groups in total. The predicted octanol–water partition coefficient (Wildman–Crippen LogP) is 2.25. The molecule has 2 unspecified atom stereocenters. The first-order valence-corrected chi connectivity index (χ1v) is 8.13. The van der Waals surface area contributed by atoms with E-state index in [4.69, 9.17) is 10.9 Å². The fourth-order valence-corrected chi connectivity index (χ4v) is 3.53. The molecule has 0 aromatic carbocycles. The number of aryl methyl sites for hydroxylation is 1. The molecule has 0 saturated heterocycles. The molecule has 0 spiro atoms. The number of hydrogen-bond acceptors (Lipinski definition) is 3. The van der Waals surface area contributed by atoms with Crippen LogP contribution in [0.4, 0.5) is 0 Å². The van der Waals surface area contributed by atoms with Gasteiger partial charge >= 0.3 is 0 Å². The fourth-order valence-electron chi connectivity index (χ4n) is 1.47. The van der Waals surface area contributed by atoms with Crippen LogP contribution in [-0.2, 0) is 22.1 Å². The first-order valence-electron chi connectivity index (χ1n) is 6.01. The lowest BCUT2D eigenvalue weighted by Gasteiger charge is -2.10. The lowest BCUT2D eigenvalue weighted by Crippen LogP contribution is -2.31. The lowest BCUT2D eigenvalue weighted by molar-refractivity contribution is -0.119. The molecule has 0 saturated carbocycles. The molecule has 102 valence electrons. The van der Waals surface area contributed by atoms with E-state index < -0.39 is 16.9 Å². The van der Waals surface area contributed by atoms with Gasteiger partial charge in [0.1, 0.15) is 0 Å². The van der Waals surface area contributed by atoms with E-state index in [0.717, 1.165) is 10.6 Å². The Balaban J connectivity index is 2.73. The quantitative estimate of drug-likeness (QED) is 0.871. The molecule has 1 aromatic rings. The van der Waals surface area contributed by atoms with Gasteiger partial charge in [0.25, 0.3) is 5.91 Å². The van der Waals surface area contributed by atoms with Crippen molar-refractivity contribution in [1.29, 1.82) is 0 Å². The summed E-state index contributed by atoms with van der Waals surface area (Å²) in [5.74, 6) is 0.0909. The lowest BCUT2D eigenvalue weighted by atomic mass is 10.0. The van der Waals surface area contributed by atoms with Crippen LogP contribution < -0.4 is 10.9 Å². The maximum atomic E-state index is 11.8. The van der Waals surface area contributed by atoms with Crippen LogP contribution in [0.2, 0.25) is 0 Å². The minimum Gasteiger partial charge on any atom is -0.320 e. The number of rotatable bonds is 5. The number of carbonyl (C=O) groups excluding carboxylic acids is 1. The SMILES string of the molecule is CCc1csc(S(N)=NC(=O)C(N)CC(C)C)c1. The molecule has 1 amide bonds. The van der Waals surface area contributed by atoms with Crippen molar-refractivity contribution >= 4 is 28.1 Å². The zero-order valence-electron chi connectivity index (χ0n) is 11.1. The summed E-state index contributed by atoms with van der Waals surface area (Å²) in [6.07, 6.45) is 1.61. The third kappa shape index (κ3) is 4.61. The van der Waals surface area contributed by atoms with Gasteiger partial charge in [0.15, 0.2) is 0 Å². The van der Waals surface area contributed by atoms with Gasteiger partial charge in [-0.25, -0.2) is 0 Å². The van der Waals surface area contributed by atoms with Crippen LogP contribution in [0.3, 0.4) is 0 Å². The van der Waals surface area contributed by atoms with Crippen LogP contribution in [-0.4, -0.2) is 11.9 Å². The van der Waals surface area contributed by atoms with Crippen molar-refractivity contribution in [3.8, 4) is 0 Å². The normalized spacial score (nSPS) is 15.0. The fraction of sp³-hybridized carbons (Fsp3) is 0.583. The van der Waals surface area contributed by atoms with E-state index in [0.29, 0.717) is 12.3 Å². The van der Waals surface area contributed by atoms with Crippen LogP contribution in [0, 0.1) is 5.92 Å². The van der Waals surface area contributed by atoms with Gasteiger partial charge in [-0.15, -0.1) is 11.3 Å². The van der Waals surface area contributed by atoms with Gasteiger partial charge < -0.3 is 5.73 Å². The molecule has 0 fully saturated rings. The Bertz CT molecular complexity index is 440. The summed E-state index contributed by atoms with van der Waals surface area (Å²) < 4.78 is 4.94. The monoisotopic (exact) mass is 287 g/mol. The van der Waals surface area contributed by atoms with Gasteiger partial charge in [0.2, 0.25) is 0 Å². The Morgan fingerprint density at radius 1 is 1.56 bits per heavy atom. The van der Waals surface area contributed by atoms with Crippen molar-refractivity contribution in [2.24, 2.45) is 21.2 Å². The number of amides is 1. The zero-order valence-corrected chi connectivity index (χ0v) is 12.7. The molecular formula is C12H21N3OS2. The van der Waals surface area contributed by atoms with Gasteiger partial charge in [0, 0.05) is 10.9 Å². The number of hydrogen-bond donors (Lipinski definition) is 2. The van der Waals surface area contributed by atoms with Gasteiger partial charge in [-0.1, -0.05) is 20.8 Å². The zero-order chi connectivity index (χ0) is 13.7. The maximum absolute atomic E-state index is 11.8. The summed E-state index contributed by atoms with van der Waals surface area (Å²) in [6, 6.07) is 1.48. The Labute approximate surface area is 115 Å². The summed E-state index contributed by atoms with van der Waals surface area (Å²) in [6.45, 7) is 6.14. The molecule has 0 aliphatic rings.